The van der Waals surface area contributed by atoms with Crippen molar-refractivity contribution in [2.75, 3.05) is 25.0 Å². The summed E-state index contributed by atoms with van der Waals surface area (Å²) in [6, 6.07) is 3.64. The highest BCUT2D eigenvalue weighted by atomic mass is 16.1. The van der Waals surface area contributed by atoms with Gasteiger partial charge in [-0.2, -0.15) is 0 Å². The van der Waals surface area contributed by atoms with Gasteiger partial charge >= 0.3 is 0 Å². The fourth-order valence-corrected chi connectivity index (χ4v) is 2.41. The molecule has 1 unspecified atom stereocenters. The van der Waals surface area contributed by atoms with Gasteiger partial charge in [-0.25, -0.2) is 0 Å². The van der Waals surface area contributed by atoms with Gasteiger partial charge in [-0.1, -0.05) is 0 Å². The van der Waals surface area contributed by atoms with Crippen LogP contribution in [0.15, 0.2) is 18.3 Å². The van der Waals surface area contributed by atoms with Gasteiger partial charge in [-0.15, -0.1) is 0 Å². The third-order valence-electron chi connectivity index (χ3n) is 3.51. The second kappa shape index (κ2) is 5.82. The molecule has 2 rings (SSSR count). The van der Waals surface area contributed by atoms with Crippen molar-refractivity contribution in [1.82, 2.24) is 10.3 Å². The number of Topliss-reactive ketones (excluding diaryl/α,β-unsaturated/α-hetero) is 1. The van der Waals surface area contributed by atoms with Crippen LogP contribution in [0, 0.1) is 5.92 Å². The van der Waals surface area contributed by atoms with Crippen molar-refractivity contribution in [2.45, 2.75) is 19.8 Å². The number of rotatable bonds is 3. The van der Waals surface area contributed by atoms with E-state index in [9.17, 15) is 9.59 Å². The number of pyridine rings is 1. The number of piperidine rings is 1. The molecule has 5 heteroatoms. The van der Waals surface area contributed by atoms with E-state index in [1.807, 2.05) is 6.07 Å². The first-order valence-corrected chi connectivity index (χ1v) is 6.55. The molecular formula is C14H19N3O2. The number of nitrogens with zero attached hydrogens (tertiary/aromatic N) is 2. The van der Waals surface area contributed by atoms with Gasteiger partial charge in [0.15, 0.2) is 5.78 Å². The molecule has 0 aromatic carbocycles. The summed E-state index contributed by atoms with van der Waals surface area (Å²) in [4.78, 5) is 29.2. The molecule has 0 bridgehead atoms. The van der Waals surface area contributed by atoms with Gasteiger partial charge in [0.25, 0.3) is 0 Å². The molecule has 1 fully saturated rings. The van der Waals surface area contributed by atoms with E-state index in [2.05, 4.69) is 15.2 Å². The highest BCUT2D eigenvalue weighted by Gasteiger charge is 2.25. The summed E-state index contributed by atoms with van der Waals surface area (Å²) in [6.45, 7) is 3.14. The lowest BCUT2D eigenvalue weighted by molar-refractivity contribution is -0.124. The Labute approximate surface area is 113 Å². The van der Waals surface area contributed by atoms with Crippen LogP contribution >= 0.6 is 0 Å². The largest absolute Gasteiger partial charge is 0.369 e. The zero-order valence-electron chi connectivity index (χ0n) is 11.3. The number of amides is 1. The molecular weight excluding hydrogens is 242 g/mol. The van der Waals surface area contributed by atoms with E-state index in [0.29, 0.717) is 12.2 Å². The van der Waals surface area contributed by atoms with E-state index in [-0.39, 0.29) is 17.6 Å². The Morgan fingerprint density at radius 2 is 2.21 bits per heavy atom. The van der Waals surface area contributed by atoms with Gasteiger partial charge in [0, 0.05) is 27.1 Å². The summed E-state index contributed by atoms with van der Waals surface area (Å²) in [5.74, 6) is 0.0951. The third-order valence-corrected chi connectivity index (χ3v) is 3.51. The summed E-state index contributed by atoms with van der Waals surface area (Å²) < 4.78 is 0. The van der Waals surface area contributed by atoms with Gasteiger partial charge in [0.2, 0.25) is 5.91 Å². The summed E-state index contributed by atoms with van der Waals surface area (Å²) in [6.07, 6.45) is 3.63. The van der Waals surface area contributed by atoms with Crippen LogP contribution < -0.4 is 10.2 Å². The molecule has 0 saturated carbocycles. The first kappa shape index (κ1) is 13.5. The quantitative estimate of drug-likeness (QED) is 0.832. The Bertz CT molecular complexity index is 470. The van der Waals surface area contributed by atoms with Gasteiger partial charge in [-0.3, -0.25) is 14.6 Å². The van der Waals surface area contributed by atoms with Crippen molar-refractivity contribution in [2.24, 2.45) is 5.92 Å². The average Bonchev–Trinajstić information content (AvgIpc) is 2.46. The predicted octanol–water partition coefficient (Wildman–Crippen LogP) is 1.25. The molecule has 1 aromatic rings. The zero-order chi connectivity index (χ0) is 13.8. The Morgan fingerprint density at radius 3 is 2.79 bits per heavy atom. The molecule has 0 aliphatic carbocycles. The van der Waals surface area contributed by atoms with Crippen LogP contribution in [0.5, 0.6) is 0 Å². The molecule has 19 heavy (non-hydrogen) atoms. The lowest BCUT2D eigenvalue weighted by Gasteiger charge is -2.33. The Morgan fingerprint density at radius 1 is 1.42 bits per heavy atom. The van der Waals surface area contributed by atoms with Crippen molar-refractivity contribution in [3.8, 4) is 0 Å². The molecule has 1 amide bonds. The standard InChI is InChI=1S/C14H19N3O2/c1-10(18)13-6-5-12(8-16-13)17-7-3-4-11(9-17)14(19)15-2/h5-6,8,11H,3-4,7,9H2,1-2H3,(H,15,19). The molecule has 1 aliphatic heterocycles. The third kappa shape index (κ3) is 3.10. The van der Waals surface area contributed by atoms with Gasteiger partial charge in [-0.05, 0) is 25.0 Å². The minimum Gasteiger partial charge on any atom is -0.369 e. The van der Waals surface area contributed by atoms with E-state index in [1.165, 1.54) is 6.92 Å². The van der Waals surface area contributed by atoms with Gasteiger partial charge in [0.05, 0.1) is 17.8 Å². The molecule has 0 spiro atoms. The van der Waals surface area contributed by atoms with E-state index in [1.54, 1.807) is 19.3 Å². The molecule has 0 radical (unpaired) electrons. The van der Waals surface area contributed by atoms with Crippen LogP contribution in [0.2, 0.25) is 0 Å². The molecule has 1 aliphatic rings. The summed E-state index contributed by atoms with van der Waals surface area (Å²) >= 11 is 0. The number of nitrogens with one attached hydrogen (secondary N) is 1. The number of carbonyl (C=O) groups excluding carboxylic acids is 2. The second-order valence-corrected chi connectivity index (χ2v) is 4.86. The predicted molar refractivity (Wildman–Crippen MR) is 73.2 cm³/mol. The average molecular weight is 261 g/mol. The first-order valence-electron chi connectivity index (χ1n) is 6.55. The Kier molecular flexibility index (Phi) is 4.14. The highest BCUT2D eigenvalue weighted by Crippen LogP contribution is 2.22. The maximum absolute atomic E-state index is 11.7. The maximum Gasteiger partial charge on any atom is 0.224 e. The number of ketones is 1. The molecule has 1 aromatic heterocycles. The summed E-state index contributed by atoms with van der Waals surface area (Å²) in [5, 5.41) is 2.70. The van der Waals surface area contributed by atoms with E-state index in [4.69, 9.17) is 0 Å². The monoisotopic (exact) mass is 261 g/mol. The van der Waals surface area contributed by atoms with Crippen LogP contribution in [0.25, 0.3) is 0 Å². The number of hydrogen-bond donors (Lipinski definition) is 1. The van der Waals surface area contributed by atoms with Gasteiger partial charge in [0.1, 0.15) is 5.69 Å². The van der Waals surface area contributed by atoms with Crippen molar-refractivity contribution < 1.29 is 9.59 Å². The number of anilines is 1. The molecule has 1 N–H and O–H groups in total. The van der Waals surface area contributed by atoms with Crippen LogP contribution in [0.3, 0.4) is 0 Å². The Balaban J connectivity index is 2.08. The fourth-order valence-electron chi connectivity index (χ4n) is 2.41. The Hall–Kier alpha value is -1.91. The van der Waals surface area contributed by atoms with E-state index >= 15 is 0 Å². The molecule has 102 valence electrons. The SMILES string of the molecule is CNC(=O)C1CCCN(c2ccc(C(C)=O)nc2)C1. The number of aromatic nitrogens is 1. The minimum atomic E-state index is -0.0339. The topological polar surface area (TPSA) is 62.3 Å². The van der Waals surface area contributed by atoms with Crippen molar-refractivity contribution in [3.63, 3.8) is 0 Å². The zero-order valence-corrected chi connectivity index (χ0v) is 11.3. The molecule has 1 saturated heterocycles. The maximum atomic E-state index is 11.7. The normalized spacial score (nSPS) is 19.1. The molecule has 2 heterocycles. The van der Waals surface area contributed by atoms with Crippen LogP contribution in [0.4, 0.5) is 5.69 Å². The van der Waals surface area contributed by atoms with Crippen LogP contribution in [-0.2, 0) is 4.79 Å². The lowest BCUT2D eigenvalue weighted by atomic mass is 9.97. The van der Waals surface area contributed by atoms with Crippen molar-refractivity contribution >= 4 is 17.4 Å². The van der Waals surface area contributed by atoms with Crippen molar-refractivity contribution in [3.05, 3.63) is 24.0 Å². The van der Waals surface area contributed by atoms with E-state index < -0.39 is 0 Å². The molecule has 5 nitrogen and oxygen atoms in total. The number of hydrogen-bond acceptors (Lipinski definition) is 4. The lowest BCUT2D eigenvalue weighted by Crippen LogP contribution is -2.42. The minimum absolute atomic E-state index is 0.0335. The summed E-state index contributed by atoms with van der Waals surface area (Å²) in [7, 11) is 1.67. The first-order chi connectivity index (χ1) is 9.11. The van der Waals surface area contributed by atoms with Crippen LogP contribution in [-0.4, -0.2) is 36.8 Å². The van der Waals surface area contributed by atoms with Crippen LogP contribution in [0.1, 0.15) is 30.3 Å². The smallest absolute Gasteiger partial charge is 0.224 e. The summed E-state index contributed by atoms with van der Waals surface area (Å²) in [5.41, 5.74) is 1.45. The molecule has 1 atom stereocenters. The highest BCUT2D eigenvalue weighted by molar-refractivity contribution is 5.92. The van der Waals surface area contributed by atoms with E-state index in [0.717, 1.165) is 25.1 Å². The van der Waals surface area contributed by atoms with Gasteiger partial charge < -0.3 is 10.2 Å². The second-order valence-electron chi connectivity index (χ2n) is 4.86. The van der Waals surface area contributed by atoms with Crippen molar-refractivity contribution in [1.29, 1.82) is 0 Å². The fraction of sp³-hybridized carbons (Fsp3) is 0.500. The number of carbonyl (C=O) groups is 2.